The standard InChI is InChI=1S/C10H11IO2/c1-6-5-10(13-8(3)12)7(2)4-9(6)11/h4-5H,1-3H3. The Balaban J connectivity index is 3.08. The number of carbonyl (C=O) groups excluding carboxylic acids is 1. The van der Waals surface area contributed by atoms with E-state index in [-0.39, 0.29) is 5.97 Å². The van der Waals surface area contributed by atoms with Crippen LogP contribution in [0, 0.1) is 17.4 Å². The Morgan fingerprint density at radius 2 is 1.92 bits per heavy atom. The zero-order valence-electron chi connectivity index (χ0n) is 7.85. The average molecular weight is 290 g/mol. The fourth-order valence-electron chi connectivity index (χ4n) is 1.02. The molecular weight excluding hydrogens is 279 g/mol. The van der Waals surface area contributed by atoms with Crippen molar-refractivity contribution in [2.75, 3.05) is 0 Å². The van der Waals surface area contributed by atoms with E-state index >= 15 is 0 Å². The van der Waals surface area contributed by atoms with Crippen molar-refractivity contribution >= 4 is 28.6 Å². The van der Waals surface area contributed by atoms with Crippen molar-refractivity contribution in [2.24, 2.45) is 0 Å². The lowest BCUT2D eigenvalue weighted by Crippen LogP contribution is -2.03. The number of esters is 1. The Bertz CT molecular complexity index is 345. The van der Waals surface area contributed by atoms with Crippen LogP contribution in [0.15, 0.2) is 12.1 Å². The Kier molecular flexibility index (Phi) is 3.30. The third-order valence-corrected chi connectivity index (χ3v) is 2.87. The van der Waals surface area contributed by atoms with Gasteiger partial charge in [0, 0.05) is 10.5 Å². The van der Waals surface area contributed by atoms with Gasteiger partial charge in [-0.05, 0) is 59.7 Å². The summed E-state index contributed by atoms with van der Waals surface area (Å²) in [6.07, 6.45) is 0. The molecule has 0 heterocycles. The molecule has 1 aromatic carbocycles. The predicted molar refractivity (Wildman–Crippen MR) is 59.9 cm³/mol. The molecule has 13 heavy (non-hydrogen) atoms. The molecule has 0 aliphatic heterocycles. The molecular formula is C10H11IO2. The number of halogens is 1. The highest BCUT2D eigenvalue weighted by Gasteiger charge is 2.05. The van der Waals surface area contributed by atoms with Gasteiger partial charge in [0.15, 0.2) is 0 Å². The third kappa shape index (κ3) is 2.69. The van der Waals surface area contributed by atoms with E-state index in [1.54, 1.807) is 0 Å². The fraction of sp³-hybridized carbons (Fsp3) is 0.300. The van der Waals surface area contributed by atoms with Crippen LogP contribution in [0.4, 0.5) is 0 Å². The minimum Gasteiger partial charge on any atom is -0.426 e. The molecule has 0 spiro atoms. The van der Waals surface area contributed by atoms with Crippen LogP contribution in [0.3, 0.4) is 0 Å². The van der Waals surface area contributed by atoms with Crippen LogP contribution in [-0.2, 0) is 4.79 Å². The molecule has 1 aromatic rings. The van der Waals surface area contributed by atoms with Gasteiger partial charge in [-0.1, -0.05) is 0 Å². The Morgan fingerprint density at radius 3 is 2.46 bits per heavy atom. The second kappa shape index (κ2) is 4.09. The lowest BCUT2D eigenvalue weighted by atomic mass is 10.1. The maximum atomic E-state index is 10.7. The van der Waals surface area contributed by atoms with Gasteiger partial charge in [0.05, 0.1) is 0 Å². The van der Waals surface area contributed by atoms with Crippen molar-refractivity contribution in [2.45, 2.75) is 20.8 Å². The van der Waals surface area contributed by atoms with Crippen LogP contribution in [0.2, 0.25) is 0 Å². The summed E-state index contributed by atoms with van der Waals surface area (Å²) in [6.45, 7) is 5.33. The highest BCUT2D eigenvalue weighted by Crippen LogP contribution is 2.23. The first-order valence-corrected chi connectivity index (χ1v) is 5.03. The topological polar surface area (TPSA) is 26.3 Å². The lowest BCUT2D eigenvalue weighted by Gasteiger charge is -2.07. The molecule has 0 atom stereocenters. The maximum absolute atomic E-state index is 10.7. The van der Waals surface area contributed by atoms with Crippen LogP contribution in [0.1, 0.15) is 18.1 Å². The zero-order valence-corrected chi connectivity index (χ0v) is 10.0. The minimum absolute atomic E-state index is 0.274. The van der Waals surface area contributed by atoms with E-state index < -0.39 is 0 Å². The Labute approximate surface area is 91.4 Å². The van der Waals surface area contributed by atoms with Gasteiger partial charge in [-0.15, -0.1) is 0 Å². The van der Waals surface area contributed by atoms with E-state index in [4.69, 9.17) is 4.74 Å². The maximum Gasteiger partial charge on any atom is 0.308 e. The minimum atomic E-state index is -0.274. The summed E-state index contributed by atoms with van der Waals surface area (Å²) in [6, 6.07) is 3.90. The molecule has 0 amide bonds. The van der Waals surface area contributed by atoms with Gasteiger partial charge in [-0.2, -0.15) is 0 Å². The van der Waals surface area contributed by atoms with Crippen molar-refractivity contribution in [3.8, 4) is 5.75 Å². The number of carbonyl (C=O) groups is 1. The van der Waals surface area contributed by atoms with Gasteiger partial charge in [-0.3, -0.25) is 4.79 Å². The highest BCUT2D eigenvalue weighted by atomic mass is 127. The van der Waals surface area contributed by atoms with Crippen LogP contribution >= 0.6 is 22.6 Å². The summed E-state index contributed by atoms with van der Waals surface area (Å²) in [7, 11) is 0. The second-order valence-electron chi connectivity index (χ2n) is 2.96. The van der Waals surface area contributed by atoms with Gasteiger partial charge in [-0.25, -0.2) is 0 Å². The molecule has 0 radical (unpaired) electrons. The quantitative estimate of drug-likeness (QED) is 0.451. The summed E-state index contributed by atoms with van der Waals surface area (Å²) in [5.41, 5.74) is 2.12. The normalized spacial score (nSPS) is 9.85. The van der Waals surface area contributed by atoms with E-state index in [1.165, 1.54) is 10.5 Å². The van der Waals surface area contributed by atoms with E-state index in [0.29, 0.717) is 5.75 Å². The molecule has 0 bridgehead atoms. The monoisotopic (exact) mass is 290 g/mol. The summed E-state index contributed by atoms with van der Waals surface area (Å²) >= 11 is 2.26. The Morgan fingerprint density at radius 1 is 1.31 bits per heavy atom. The van der Waals surface area contributed by atoms with Crippen molar-refractivity contribution in [1.82, 2.24) is 0 Å². The zero-order chi connectivity index (χ0) is 10.0. The number of benzene rings is 1. The van der Waals surface area contributed by atoms with Crippen molar-refractivity contribution in [3.63, 3.8) is 0 Å². The van der Waals surface area contributed by atoms with Crippen LogP contribution in [-0.4, -0.2) is 5.97 Å². The summed E-state index contributed by atoms with van der Waals surface area (Å²) in [4.78, 5) is 10.7. The van der Waals surface area contributed by atoms with Gasteiger partial charge >= 0.3 is 5.97 Å². The second-order valence-corrected chi connectivity index (χ2v) is 4.12. The van der Waals surface area contributed by atoms with Gasteiger partial charge in [0.1, 0.15) is 5.75 Å². The van der Waals surface area contributed by atoms with E-state index in [9.17, 15) is 4.79 Å². The van der Waals surface area contributed by atoms with E-state index in [2.05, 4.69) is 22.6 Å². The summed E-state index contributed by atoms with van der Waals surface area (Å²) in [5.74, 6) is 0.383. The first-order chi connectivity index (χ1) is 6.00. The van der Waals surface area contributed by atoms with Crippen LogP contribution < -0.4 is 4.74 Å². The Hall–Kier alpha value is -0.580. The van der Waals surface area contributed by atoms with Crippen LogP contribution in [0.25, 0.3) is 0 Å². The fourth-order valence-corrected chi connectivity index (χ4v) is 1.64. The van der Waals surface area contributed by atoms with Gasteiger partial charge in [0.25, 0.3) is 0 Å². The molecule has 0 aliphatic carbocycles. The van der Waals surface area contributed by atoms with E-state index in [1.807, 2.05) is 26.0 Å². The lowest BCUT2D eigenvalue weighted by molar-refractivity contribution is -0.131. The molecule has 0 N–H and O–H groups in total. The van der Waals surface area contributed by atoms with Gasteiger partial charge < -0.3 is 4.74 Å². The molecule has 0 aliphatic rings. The summed E-state index contributed by atoms with van der Waals surface area (Å²) < 4.78 is 6.22. The molecule has 70 valence electrons. The van der Waals surface area contributed by atoms with E-state index in [0.717, 1.165) is 11.1 Å². The average Bonchev–Trinajstić information content (AvgIpc) is 1.99. The highest BCUT2D eigenvalue weighted by molar-refractivity contribution is 14.1. The van der Waals surface area contributed by atoms with Crippen LogP contribution in [0.5, 0.6) is 5.75 Å². The van der Waals surface area contributed by atoms with Crippen molar-refractivity contribution < 1.29 is 9.53 Å². The van der Waals surface area contributed by atoms with Crippen molar-refractivity contribution in [1.29, 1.82) is 0 Å². The van der Waals surface area contributed by atoms with Gasteiger partial charge in [0.2, 0.25) is 0 Å². The molecule has 0 saturated carbocycles. The van der Waals surface area contributed by atoms with Crippen molar-refractivity contribution in [3.05, 3.63) is 26.8 Å². The largest absolute Gasteiger partial charge is 0.426 e. The number of hydrogen-bond donors (Lipinski definition) is 0. The summed E-state index contributed by atoms with van der Waals surface area (Å²) in [5, 5.41) is 0. The number of ether oxygens (including phenoxy) is 1. The predicted octanol–water partition coefficient (Wildman–Crippen LogP) is 2.83. The first kappa shape index (κ1) is 10.5. The number of hydrogen-bond acceptors (Lipinski definition) is 2. The first-order valence-electron chi connectivity index (χ1n) is 3.96. The number of aryl methyl sites for hydroxylation is 2. The molecule has 0 aromatic heterocycles. The third-order valence-electron chi connectivity index (χ3n) is 1.71. The number of rotatable bonds is 1. The molecule has 1 rings (SSSR count). The SMILES string of the molecule is CC(=O)Oc1cc(C)c(I)cc1C. The molecule has 0 saturated heterocycles. The molecule has 0 fully saturated rings. The smallest absolute Gasteiger partial charge is 0.308 e. The molecule has 2 nitrogen and oxygen atoms in total. The molecule has 3 heteroatoms. The molecule has 0 unspecified atom stereocenters.